The second-order valence-corrected chi connectivity index (χ2v) is 7.78. The van der Waals surface area contributed by atoms with Crippen molar-refractivity contribution < 1.29 is 19.1 Å². The molecule has 0 spiro atoms. The van der Waals surface area contributed by atoms with Gasteiger partial charge in [-0.1, -0.05) is 34.8 Å². The molecule has 0 aliphatic rings. The van der Waals surface area contributed by atoms with Gasteiger partial charge in [-0.15, -0.1) is 0 Å². The van der Waals surface area contributed by atoms with E-state index in [4.69, 9.17) is 44.3 Å². The summed E-state index contributed by atoms with van der Waals surface area (Å²) >= 11 is 21.0. The lowest BCUT2D eigenvalue weighted by Gasteiger charge is -2.18. The minimum absolute atomic E-state index is 0.270. The van der Waals surface area contributed by atoms with Crippen LogP contribution in [-0.2, 0) is 9.59 Å². The Bertz CT molecular complexity index is 810. The maximum absolute atomic E-state index is 12.1. The van der Waals surface area contributed by atoms with Crippen LogP contribution in [0, 0.1) is 0 Å². The fourth-order valence-electron chi connectivity index (χ4n) is 1.96. The van der Waals surface area contributed by atoms with Gasteiger partial charge in [0.05, 0.1) is 9.50 Å². The Morgan fingerprint density at radius 2 is 1.32 bits per heavy atom. The first-order valence-corrected chi connectivity index (χ1v) is 9.93. The lowest BCUT2D eigenvalue weighted by Crippen LogP contribution is -2.50. The Hall–Kier alpha value is -1.67. The van der Waals surface area contributed by atoms with Crippen molar-refractivity contribution in [2.75, 3.05) is 0 Å². The van der Waals surface area contributed by atoms with E-state index in [1.165, 1.54) is 19.9 Å². The molecule has 2 aromatic carbocycles. The molecule has 2 aromatic rings. The molecule has 0 saturated carbocycles. The van der Waals surface area contributed by atoms with Gasteiger partial charge in [-0.05, 0) is 66.2 Å². The number of carbonyl (C=O) groups excluding carboxylic acids is 2. The zero-order valence-corrected chi connectivity index (χ0v) is 18.6. The van der Waals surface area contributed by atoms with Gasteiger partial charge in [0.15, 0.2) is 12.2 Å². The molecule has 0 fully saturated rings. The molecule has 0 aliphatic heterocycles. The number of ether oxygens (including phenoxy) is 2. The van der Waals surface area contributed by atoms with E-state index < -0.39 is 24.0 Å². The molecule has 0 bridgehead atoms. The van der Waals surface area contributed by atoms with Gasteiger partial charge < -0.3 is 9.47 Å². The summed E-state index contributed by atoms with van der Waals surface area (Å²) in [5.41, 5.74) is 4.56. The van der Waals surface area contributed by atoms with Crippen molar-refractivity contribution in [3.8, 4) is 11.5 Å². The zero-order chi connectivity index (χ0) is 20.8. The lowest BCUT2D eigenvalue weighted by molar-refractivity contribution is -0.135. The monoisotopic (exact) mass is 508 g/mol. The summed E-state index contributed by atoms with van der Waals surface area (Å²) in [6, 6.07) is 9.54. The molecule has 0 aliphatic carbocycles. The molecule has 2 atom stereocenters. The van der Waals surface area contributed by atoms with Gasteiger partial charge in [-0.3, -0.25) is 20.4 Å². The number of hydrogen-bond acceptors (Lipinski definition) is 4. The average Bonchev–Trinajstić information content (AvgIpc) is 2.63. The maximum atomic E-state index is 12.1. The van der Waals surface area contributed by atoms with Crippen LogP contribution in [0.4, 0.5) is 0 Å². The van der Waals surface area contributed by atoms with E-state index in [2.05, 4.69) is 26.8 Å². The van der Waals surface area contributed by atoms with Crippen LogP contribution < -0.4 is 20.3 Å². The number of nitrogens with one attached hydrogen (secondary N) is 2. The highest BCUT2D eigenvalue weighted by Gasteiger charge is 2.20. The van der Waals surface area contributed by atoms with Crippen LogP contribution >= 0.6 is 50.7 Å². The van der Waals surface area contributed by atoms with Gasteiger partial charge in [0.25, 0.3) is 11.8 Å². The molecule has 0 aromatic heterocycles. The summed E-state index contributed by atoms with van der Waals surface area (Å²) in [5.74, 6) is -0.386. The zero-order valence-electron chi connectivity index (χ0n) is 14.8. The van der Waals surface area contributed by atoms with Crippen molar-refractivity contribution in [1.29, 1.82) is 0 Å². The molecule has 10 heteroatoms. The van der Waals surface area contributed by atoms with Crippen molar-refractivity contribution in [3.05, 3.63) is 55.9 Å². The van der Waals surface area contributed by atoms with Gasteiger partial charge in [0.2, 0.25) is 0 Å². The Morgan fingerprint density at radius 3 is 1.82 bits per heavy atom. The van der Waals surface area contributed by atoms with E-state index in [9.17, 15) is 9.59 Å². The number of benzene rings is 2. The molecular formula is C18H16BrCl3N2O4. The number of amides is 2. The first kappa shape index (κ1) is 22.6. The Kier molecular flexibility index (Phi) is 8.24. The molecule has 2 N–H and O–H groups in total. The highest BCUT2D eigenvalue weighted by molar-refractivity contribution is 9.10. The molecular weight excluding hydrogens is 494 g/mol. The fourth-order valence-corrected chi connectivity index (χ4v) is 3.19. The third-order valence-corrected chi connectivity index (χ3v) is 4.83. The van der Waals surface area contributed by atoms with Gasteiger partial charge >= 0.3 is 0 Å². The molecule has 150 valence electrons. The number of hydrazine groups is 1. The first-order chi connectivity index (χ1) is 13.2. The summed E-state index contributed by atoms with van der Waals surface area (Å²) < 4.78 is 11.6. The van der Waals surface area contributed by atoms with Gasteiger partial charge in [-0.25, -0.2) is 0 Å². The van der Waals surface area contributed by atoms with E-state index in [0.29, 0.717) is 26.0 Å². The SMILES string of the molecule is CC(Oc1ccc(Cl)cc1Cl)C(=O)NNC(=O)C(C)Oc1ccc(Cl)cc1Br. The van der Waals surface area contributed by atoms with E-state index in [-0.39, 0.29) is 5.02 Å². The van der Waals surface area contributed by atoms with E-state index >= 15 is 0 Å². The van der Waals surface area contributed by atoms with Crippen LogP contribution in [0.25, 0.3) is 0 Å². The molecule has 0 saturated heterocycles. The summed E-state index contributed by atoms with van der Waals surface area (Å²) in [7, 11) is 0. The number of carbonyl (C=O) groups is 2. The Morgan fingerprint density at radius 1 is 0.857 bits per heavy atom. The molecule has 2 unspecified atom stereocenters. The second-order valence-electron chi connectivity index (χ2n) is 5.65. The topological polar surface area (TPSA) is 76.7 Å². The highest BCUT2D eigenvalue weighted by atomic mass is 79.9. The van der Waals surface area contributed by atoms with Gasteiger partial charge in [-0.2, -0.15) is 0 Å². The van der Waals surface area contributed by atoms with Gasteiger partial charge in [0, 0.05) is 10.0 Å². The minimum atomic E-state index is -0.916. The Labute approximate surface area is 185 Å². The van der Waals surface area contributed by atoms with E-state index in [1.807, 2.05) is 0 Å². The Balaban J connectivity index is 1.85. The van der Waals surface area contributed by atoms with Crippen LogP contribution in [0.15, 0.2) is 40.9 Å². The normalized spacial score (nSPS) is 12.6. The quantitative estimate of drug-likeness (QED) is 0.548. The third kappa shape index (κ3) is 6.44. The molecule has 2 amide bonds. The van der Waals surface area contributed by atoms with Crippen molar-refractivity contribution in [2.24, 2.45) is 0 Å². The molecule has 6 nitrogen and oxygen atoms in total. The van der Waals surface area contributed by atoms with Crippen molar-refractivity contribution >= 4 is 62.5 Å². The average molecular weight is 511 g/mol. The van der Waals surface area contributed by atoms with E-state index in [1.54, 1.807) is 30.3 Å². The second kappa shape index (κ2) is 10.2. The predicted molar refractivity (Wildman–Crippen MR) is 112 cm³/mol. The number of rotatable bonds is 6. The predicted octanol–water partition coefficient (Wildman–Crippen LogP) is 4.79. The molecule has 2 rings (SSSR count). The minimum Gasteiger partial charge on any atom is -0.480 e. The smallest absolute Gasteiger partial charge is 0.279 e. The molecule has 28 heavy (non-hydrogen) atoms. The largest absolute Gasteiger partial charge is 0.480 e. The van der Waals surface area contributed by atoms with Crippen molar-refractivity contribution in [2.45, 2.75) is 26.1 Å². The third-order valence-electron chi connectivity index (χ3n) is 3.44. The molecule has 0 heterocycles. The van der Waals surface area contributed by atoms with Crippen LogP contribution in [-0.4, -0.2) is 24.0 Å². The van der Waals surface area contributed by atoms with Crippen LogP contribution in [0.1, 0.15) is 13.8 Å². The highest BCUT2D eigenvalue weighted by Crippen LogP contribution is 2.29. The standard InChI is InChI=1S/C18H16BrCl3N2O4/c1-9(27-15-5-3-11(20)7-13(15)19)17(25)23-24-18(26)10(2)28-16-6-4-12(21)8-14(16)22/h3-10H,1-2H3,(H,23,25)(H,24,26). The molecule has 0 radical (unpaired) electrons. The van der Waals surface area contributed by atoms with Crippen molar-refractivity contribution in [1.82, 2.24) is 10.9 Å². The van der Waals surface area contributed by atoms with Gasteiger partial charge in [0.1, 0.15) is 11.5 Å². The summed E-state index contributed by atoms with van der Waals surface area (Å²) in [5, 5.41) is 1.24. The summed E-state index contributed by atoms with van der Waals surface area (Å²) in [4.78, 5) is 24.3. The lowest BCUT2D eigenvalue weighted by atomic mass is 10.3. The number of hydrogen-bond donors (Lipinski definition) is 2. The fraction of sp³-hybridized carbons (Fsp3) is 0.222. The summed E-state index contributed by atoms with van der Waals surface area (Å²) in [6.07, 6.45) is -1.79. The van der Waals surface area contributed by atoms with Crippen LogP contribution in [0.2, 0.25) is 15.1 Å². The maximum Gasteiger partial charge on any atom is 0.279 e. The van der Waals surface area contributed by atoms with Crippen LogP contribution in [0.3, 0.4) is 0 Å². The van der Waals surface area contributed by atoms with Crippen LogP contribution in [0.5, 0.6) is 11.5 Å². The first-order valence-electron chi connectivity index (χ1n) is 8.00. The summed E-state index contributed by atoms with van der Waals surface area (Å²) in [6.45, 7) is 3.05. The van der Waals surface area contributed by atoms with Crippen molar-refractivity contribution in [3.63, 3.8) is 0 Å². The van der Waals surface area contributed by atoms with E-state index in [0.717, 1.165) is 0 Å². The number of halogens is 4.